The number of halogens is 2. The largest absolute Gasteiger partial charge is 0.490 e. The van der Waals surface area contributed by atoms with Crippen LogP contribution in [0.4, 0.5) is 0 Å². The molecular weight excluding hydrogens is 353 g/mol. The molecule has 0 unspecified atom stereocenters. The molecule has 0 aliphatic carbocycles. The first-order chi connectivity index (χ1) is 11.5. The standard InChI is InChI=1S/C17H19Cl2NO4/c1-11-8-13(24-20-11)6-4-3-5-7-23-16-14(18)9-12(10-15(16)19)17(21)22-2/h8-10H,3-7H2,1-2H3. The quantitative estimate of drug-likeness (QED) is 0.489. The SMILES string of the molecule is COC(=O)c1cc(Cl)c(OCCCCCc2cc(C)no2)c(Cl)c1. The topological polar surface area (TPSA) is 61.6 Å². The molecule has 0 aliphatic heterocycles. The molecule has 24 heavy (non-hydrogen) atoms. The first-order valence-corrected chi connectivity index (χ1v) is 8.39. The van der Waals surface area contributed by atoms with E-state index in [2.05, 4.69) is 9.89 Å². The van der Waals surface area contributed by atoms with Crippen molar-refractivity contribution in [2.24, 2.45) is 0 Å². The van der Waals surface area contributed by atoms with Gasteiger partial charge in [0.1, 0.15) is 5.76 Å². The molecule has 1 aromatic heterocycles. The maximum absolute atomic E-state index is 11.5. The summed E-state index contributed by atoms with van der Waals surface area (Å²) in [4.78, 5) is 11.5. The van der Waals surface area contributed by atoms with Gasteiger partial charge >= 0.3 is 5.97 Å². The highest BCUT2D eigenvalue weighted by Gasteiger charge is 2.14. The van der Waals surface area contributed by atoms with E-state index >= 15 is 0 Å². The van der Waals surface area contributed by atoms with Crippen molar-refractivity contribution in [2.45, 2.75) is 32.6 Å². The fourth-order valence-electron chi connectivity index (χ4n) is 2.22. The molecule has 0 saturated heterocycles. The van der Waals surface area contributed by atoms with Crippen molar-refractivity contribution < 1.29 is 18.8 Å². The molecule has 0 N–H and O–H groups in total. The van der Waals surface area contributed by atoms with Crippen LogP contribution in [0.2, 0.25) is 10.0 Å². The molecular formula is C17H19Cl2NO4. The Bertz CT molecular complexity index is 677. The molecule has 0 bridgehead atoms. The van der Waals surface area contributed by atoms with Gasteiger partial charge in [0, 0.05) is 12.5 Å². The van der Waals surface area contributed by atoms with Crippen molar-refractivity contribution >= 4 is 29.2 Å². The highest BCUT2D eigenvalue weighted by Crippen LogP contribution is 2.34. The number of carbonyl (C=O) groups excluding carboxylic acids is 1. The van der Waals surface area contributed by atoms with Gasteiger partial charge in [0.05, 0.1) is 35.0 Å². The summed E-state index contributed by atoms with van der Waals surface area (Å²) >= 11 is 12.2. The predicted molar refractivity (Wildman–Crippen MR) is 92.1 cm³/mol. The van der Waals surface area contributed by atoms with Gasteiger partial charge in [0.25, 0.3) is 0 Å². The van der Waals surface area contributed by atoms with Crippen LogP contribution in [0.3, 0.4) is 0 Å². The summed E-state index contributed by atoms with van der Waals surface area (Å²) in [6.07, 6.45) is 3.69. The third-order valence-corrected chi connectivity index (χ3v) is 3.97. The average molecular weight is 372 g/mol. The van der Waals surface area contributed by atoms with Gasteiger partial charge in [0.2, 0.25) is 0 Å². The molecule has 0 spiro atoms. The first-order valence-electron chi connectivity index (χ1n) is 7.63. The number of hydrogen-bond donors (Lipinski definition) is 0. The summed E-state index contributed by atoms with van der Waals surface area (Å²) in [5, 5.41) is 4.44. The predicted octanol–water partition coefficient (Wildman–Crippen LogP) is 4.87. The lowest BCUT2D eigenvalue weighted by Gasteiger charge is -2.11. The summed E-state index contributed by atoms with van der Waals surface area (Å²) in [6.45, 7) is 2.40. The summed E-state index contributed by atoms with van der Waals surface area (Å²) in [6, 6.07) is 4.92. The van der Waals surface area contributed by atoms with Crippen LogP contribution >= 0.6 is 23.2 Å². The second-order valence-electron chi connectivity index (χ2n) is 5.35. The molecule has 0 fully saturated rings. The van der Waals surface area contributed by atoms with E-state index in [1.165, 1.54) is 19.2 Å². The smallest absolute Gasteiger partial charge is 0.337 e. The number of unbranched alkanes of at least 4 members (excludes halogenated alkanes) is 2. The van der Waals surface area contributed by atoms with E-state index in [1.807, 2.05) is 13.0 Å². The number of rotatable bonds is 8. The summed E-state index contributed by atoms with van der Waals surface area (Å²) < 4.78 is 15.4. The van der Waals surface area contributed by atoms with Crippen molar-refractivity contribution in [3.8, 4) is 5.75 Å². The Kier molecular flexibility index (Phi) is 6.94. The highest BCUT2D eigenvalue weighted by molar-refractivity contribution is 6.37. The summed E-state index contributed by atoms with van der Waals surface area (Å²) in [7, 11) is 1.30. The Hall–Kier alpha value is -1.72. The van der Waals surface area contributed by atoms with E-state index in [-0.39, 0.29) is 0 Å². The second-order valence-corrected chi connectivity index (χ2v) is 6.17. The molecule has 1 heterocycles. The normalized spacial score (nSPS) is 10.7. The number of ether oxygens (including phenoxy) is 2. The number of aromatic nitrogens is 1. The number of aryl methyl sites for hydroxylation is 2. The van der Waals surface area contributed by atoms with Crippen molar-refractivity contribution in [3.05, 3.63) is 45.3 Å². The van der Waals surface area contributed by atoms with Gasteiger partial charge in [-0.3, -0.25) is 0 Å². The van der Waals surface area contributed by atoms with E-state index in [1.54, 1.807) is 0 Å². The lowest BCUT2D eigenvalue weighted by atomic mass is 10.1. The molecule has 0 saturated carbocycles. The number of esters is 1. The number of benzene rings is 1. The minimum atomic E-state index is -0.493. The van der Waals surface area contributed by atoms with Crippen LogP contribution in [-0.4, -0.2) is 24.8 Å². The Morgan fingerprint density at radius 1 is 1.17 bits per heavy atom. The lowest BCUT2D eigenvalue weighted by molar-refractivity contribution is 0.0600. The molecule has 2 rings (SSSR count). The van der Waals surface area contributed by atoms with Crippen molar-refractivity contribution in [1.82, 2.24) is 5.16 Å². The average Bonchev–Trinajstić information content (AvgIpc) is 2.97. The van der Waals surface area contributed by atoms with Gasteiger partial charge in [-0.05, 0) is 38.3 Å². The molecule has 130 valence electrons. The fraction of sp³-hybridized carbons (Fsp3) is 0.412. The second kappa shape index (κ2) is 8.94. The first kappa shape index (κ1) is 18.6. The van der Waals surface area contributed by atoms with E-state index in [4.69, 9.17) is 32.5 Å². The van der Waals surface area contributed by atoms with Crippen LogP contribution in [0.15, 0.2) is 22.7 Å². The maximum atomic E-state index is 11.5. The maximum Gasteiger partial charge on any atom is 0.337 e. The lowest BCUT2D eigenvalue weighted by Crippen LogP contribution is -2.03. The van der Waals surface area contributed by atoms with Gasteiger partial charge in [-0.15, -0.1) is 0 Å². The Balaban J connectivity index is 1.76. The van der Waals surface area contributed by atoms with Gasteiger partial charge in [-0.2, -0.15) is 0 Å². The zero-order valence-corrected chi connectivity index (χ0v) is 15.1. The Morgan fingerprint density at radius 2 is 1.88 bits per heavy atom. The number of hydrogen-bond acceptors (Lipinski definition) is 5. The van der Waals surface area contributed by atoms with Gasteiger partial charge < -0.3 is 14.0 Å². The van der Waals surface area contributed by atoms with Crippen molar-refractivity contribution in [3.63, 3.8) is 0 Å². The number of carbonyl (C=O) groups is 1. The molecule has 0 amide bonds. The molecule has 5 nitrogen and oxygen atoms in total. The number of methoxy groups -OCH3 is 1. The zero-order valence-electron chi connectivity index (χ0n) is 13.6. The Morgan fingerprint density at radius 3 is 2.46 bits per heavy atom. The molecule has 0 radical (unpaired) electrons. The summed E-state index contributed by atoms with van der Waals surface area (Å²) in [5.74, 6) is 0.794. The molecule has 0 atom stereocenters. The van der Waals surface area contributed by atoms with Crippen molar-refractivity contribution in [1.29, 1.82) is 0 Å². The van der Waals surface area contributed by atoms with Crippen LogP contribution < -0.4 is 4.74 Å². The third kappa shape index (κ3) is 5.14. The van der Waals surface area contributed by atoms with Gasteiger partial charge in [0.15, 0.2) is 5.75 Å². The third-order valence-electron chi connectivity index (χ3n) is 3.41. The molecule has 0 aliphatic rings. The number of nitrogens with zero attached hydrogens (tertiary/aromatic N) is 1. The molecule has 2 aromatic rings. The van der Waals surface area contributed by atoms with Crippen molar-refractivity contribution in [2.75, 3.05) is 13.7 Å². The molecule has 7 heteroatoms. The monoisotopic (exact) mass is 371 g/mol. The van der Waals surface area contributed by atoms with E-state index in [0.29, 0.717) is 28.0 Å². The van der Waals surface area contributed by atoms with Crippen LogP contribution in [0.1, 0.15) is 41.1 Å². The highest BCUT2D eigenvalue weighted by atomic mass is 35.5. The van der Waals surface area contributed by atoms with Crippen LogP contribution in [0, 0.1) is 6.92 Å². The van der Waals surface area contributed by atoms with E-state index < -0.39 is 5.97 Å². The van der Waals surface area contributed by atoms with E-state index in [0.717, 1.165) is 37.1 Å². The van der Waals surface area contributed by atoms with Crippen LogP contribution in [0.5, 0.6) is 5.75 Å². The Labute approximate surface area is 150 Å². The summed E-state index contributed by atoms with van der Waals surface area (Å²) in [5.41, 5.74) is 1.19. The van der Waals surface area contributed by atoms with Crippen LogP contribution in [-0.2, 0) is 11.2 Å². The van der Waals surface area contributed by atoms with E-state index in [9.17, 15) is 4.79 Å². The van der Waals surface area contributed by atoms with Gasteiger partial charge in [-0.1, -0.05) is 28.4 Å². The zero-order chi connectivity index (χ0) is 17.5. The van der Waals surface area contributed by atoms with Gasteiger partial charge in [-0.25, -0.2) is 4.79 Å². The minimum Gasteiger partial charge on any atom is -0.490 e. The van der Waals surface area contributed by atoms with Crippen LogP contribution in [0.25, 0.3) is 0 Å². The fourth-order valence-corrected chi connectivity index (χ4v) is 2.82. The molecule has 1 aromatic carbocycles. The minimum absolute atomic E-state index is 0.292.